The highest BCUT2D eigenvalue weighted by Gasteiger charge is 2.29. The number of sulfonamides is 1. The van der Waals surface area contributed by atoms with Crippen LogP contribution < -0.4 is 5.14 Å². The fourth-order valence-electron chi connectivity index (χ4n) is 3.02. The van der Waals surface area contributed by atoms with Crippen molar-refractivity contribution >= 4 is 26.8 Å². The Morgan fingerprint density at radius 1 is 1.41 bits per heavy atom. The van der Waals surface area contributed by atoms with Crippen LogP contribution in [0.3, 0.4) is 0 Å². The Labute approximate surface area is 129 Å². The van der Waals surface area contributed by atoms with Gasteiger partial charge in [0.15, 0.2) is 0 Å². The molecule has 0 saturated carbocycles. The van der Waals surface area contributed by atoms with Crippen LogP contribution >= 0.6 is 0 Å². The lowest BCUT2D eigenvalue weighted by Crippen LogP contribution is -2.31. The summed E-state index contributed by atoms with van der Waals surface area (Å²) >= 11 is 0. The van der Waals surface area contributed by atoms with Crippen molar-refractivity contribution in [2.24, 2.45) is 11.1 Å². The second-order valence-electron chi connectivity index (χ2n) is 6.01. The van der Waals surface area contributed by atoms with Gasteiger partial charge in [0, 0.05) is 24.0 Å². The molecule has 2 heterocycles. The van der Waals surface area contributed by atoms with Crippen molar-refractivity contribution in [3.05, 3.63) is 35.5 Å². The van der Waals surface area contributed by atoms with Crippen molar-refractivity contribution in [1.82, 2.24) is 9.88 Å². The smallest absolute Gasteiger partial charge is 0.270 e. The second kappa shape index (κ2) is 5.40. The number of nitrogens with one attached hydrogen (secondary N) is 1. The van der Waals surface area contributed by atoms with Gasteiger partial charge in [-0.25, -0.2) is 13.6 Å². The SMILES string of the molecule is Cc1ccc2[nH]c(C(=O)N3CC[C@H](CS(N)(=O)=O)C3)cc2c1. The first-order valence-electron chi connectivity index (χ1n) is 7.21. The summed E-state index contributed by atoms with van der Waals surface area (Å²) in [4.78, 5) is 17.3. The number of hydrogen-bond acceptors (Lipinski definition) is 3. The second-order valence-corrected chi connectivity index (χ2v) is 7.67. The van der Waals surface area contributed by atoms with Crippen molar-refractivity contribution in [3.8, 4) is 0 Å². The number of aromatic nitrogens is 1. The van der Waals surface area contributed by atoms with Gasteiger partial charge in [0.25, 0.3) is 5.91 Å². The molecule has 1 fully saturated rings. The lowest BCUT2D eigenvalue weighted by atomic mass is 10.2. The van der Waals surface area contributed by atoms with E-state index in [1.165, 1.54) is 0 Å². The van der Waals surface area contributed by atoms with Crippen molar-refractivity contribution < 1.29 is 13.2 Å². The largest absolute Gasteiger partial charge is 0.351 e. The molecule has 0 bridgehead atoms. The predicted octanol–water partition coefficient (Wildman–Crippen LogP) is 1.23. The van der Waals surface area contributed by atoms with Crippen LogP contribution in [0.25, 0.3) is 10.9 Å². The number of benzene rings is 1. The van der Waals surface area contributed by atoms with Crippen LogP contribution in [0.4, 0.5) is 0 Å². The minimum Gasteiger partial charge on any atom is -0.351 e. The van der Waals surface area contributed by atoms with Gasteiger partial charge in [0.1, 0.15) is 5.69 Å². The number of aromatic amines is 1. The maximum absolute atomic E-state index is 12.5. The Morgan fingerprint density at radius 2 is 2.18 bits per heavy atom. The maximum Gasteiger partial charge on any atom is 0.270 e. The summed E-state index contributed by atoms with van der Waals surface area (Å²) in [6.07, 6.45) is 0.668. The molecule has 0 aliphatic carbocycles. The number of nitrogens with two attached hydrogens (primary N) is 1. The van der Waals surface area contributed by atoms with E-state index in [-0.39, 0.29) is 17.6 Å². The van der Waals surface area contributed by atoms with E-state index >= 15 is 0 Å². The van der Waals surface area contributed by atoms with Gasteiger partial charge in [-0.2, -0.15) is 0 Å². The molecule has 1 aromatic heterocycles. The highest BCUT2D eigenvalue weighted by atomic mass is 32.2. The highest BCUT2D eigenvalue weighted by Crippen LogP contribution is 2.22. The molecule has 1 aromatic carbocycles. The monoisotopic (exact) mass is 321 g/mol. The van der Waals surface area contributed by atoms with Gasteiger partial charge in [0.2, 0.25) is 10.0 Å². The molecule has 0 unspecified atom stereocenters. The lowest BCUT2D eigenvalue weighted by Gasteiger charge is -2.15. The molecule has 22 heavy (non-hydrogen) atoms. The Bertz CT molecular complexity index is 826. The molecule has 0 spiro atoms. The maximum atomic E-state index is 12.5. The number of likely N-dealkylation sites (tertiary alicyclic amines) is 1. The number of nitrogens with zero attached hydrogens (tertiary/aromatic N) is 1. The zero-order valence-electron chi connectivity index (χ0n) is 12.4. The van der Waals surface area contributed by atoms with E-state index < -0.39 is 10.0 Å². The number of aryl methyl sites for hydroxylation is 1. The first kappa shape index (κ1) is 15.1. The van der Waals surface area contributed by atoms with Crippen LogP contribution in [0.1, 0.15) is 22.5 Å². The van der Waals surface area contributed by atoms with Gasteiger partial charge in [-0.3, -0.25) is 4.79 Å². The summed E-state index contributed by atoms with van der Waals surface area (Å²) in [5, 5.41) is 6.08. The topological polar surface area (TPSA) is 96.3 Å². The molecule has 7 heteroatoms. The average Bonchev–Trinajstić information content (AvgIpc) is 3.02. The summed E-state index contributed by atoms with van der Waals surface area (Å²) in [6, 6.07) is 7.81. The van der Waals surface area contributed by atoms with Gasteiger partial charge in [0.05, 0.1) is 5.75 Å². The van der Waals surface area contributed by atoms with E-state index in [0.29, 0.717) is 25.2 Å². The Hall–Kier alpha value is -1.86. The summed E-state index contributed by atoms with van der Waals surface area (Å²) < 4.78 is 22.3. The first-order chi connectivity index (χ1) is 10.3. The standard InChI is InChI=1S/C15H19N3O3S/c1-10-2-3-13-12(6-10)7-14(17-13)15(19)18-5-4-11(8-18)9-22(16,20)21/h2-3,6-7,11,17H,4-5,8-9H2,1H3,(H2,16,20,21)/t11-/m0/s1. The van der Waals surface area contributed by atoms with Gasteiger partial charge >= 0.3 is 0 Å². The minimum absolute atomic E-state index is 0.0668. The summed E-state index contributed by atoms with van der Waals surface area (Å²) in [7, 11) is -3.49. The number of carbonyl (C=O) groups is 1. The molecule has 1 aliphatic heterocycles. The van der Waals surface area contributed by atoms with Crippen LogP contribution in [-0.2, 0) is 10.0 Å². The van der Waals surface area contributed by atoms with E-state index in [1.807, 2.05) is 31.2 Å². The van der Waals surface area contributed by atoms with Gasteiger partial charge in [-0.15, -0.1) is 0 Å². The van der Waals surface area contributed by atoms with E-state index in [1.54, 1.807) is 4.90 Å². The minimum atomic E-state index is -3.49. The molecule has 118 valence electrons. The Morgan fingerprint density at radius 3 is 2.91 bits per heavy atom. The van der Waals surface area contributed by atoms with Gasteiger partial charge in [-0.05, 0) is 37.5 Å². The van der Waals surface area contributed by atoms with E-state index in [0.717, 1.165) is 16.5 Å². The summed E-state index contributed by atoms with van der Waals surface area (Å²) in [6.45, 7) is 3.00. The third-order valence-electron chi connectivity index (χ3n) is 4.05. The molecule has 1 aliphatic rings. The molecular formula is C15H19N3O3S. The van der Waals surface area contributed by atoms with E-state index in [9.17, 15) is 13.2 Å². The van der Waals surface area contributed by atoms with Crippen molar-refractivity contribution in [1.29, 1.82) is 0 Å². The van der Waals surface area contributed by atoms with Crippen LogP contribution in [0, 0.1) is 12.8 Å². The van der Waals surface area contributed by atoms with Crippen molar-refractivity contribution in [3.63, 3.8) is 0 Å². The van der Waals surface area contributed by atoms with E-state index in [2.05, 4.69) is 4.98 Å². The number of hydrogen-bond donors (Lipinski definition) is 2. The van der Waals surface area contributed by atoms with Gasteiger partial charge < -0.3 is 9.88 Å². The lowest BCUT2D eigenvalue weighted by molar-refractivity contribution is 0.0783. The van der Waals surface area contributed by atoms with Crippen molar-refractivity contribution in [2.75, 3.05) is 18.8 Å². The molecule has 1 atom stereocenters. The molecule has 3 N–H and O–H groups in total. The zero-order chi connectivity index (χ0) is 15.9. The third kappa shape index (κ3) is 3.15. The Kier molecular flexibility index (Phi) is 3.70. The number of H-pyrrole nitrogens is 1. The molecule has 6 nitrogen and oxygen atoms in total. The Balaban J connectivity index is 1.76. The number of carbonyl (C=O) groups excluding carboxylic acids is 1. The molecule has 1 saturated heterocycles. The van der Waals surface area contributed by atoms with Crippen LogP contribution in [-0.4, -0.2) is 43.1 Å². The number of fused-ring (bicyclic) bond motifs is 1. The number of primary sulfonamides is 1. The summed E-state index contributed by atoms with van der Waals surface area (Å²) in [5.74, 6) is -0.237. The van der Waals surface area contributed by atoms with Crippen molar-refractivity contribution in [2.45, 2.75) is 13.3 Å². The quantitative estimate of drug-likeness (QED) is 0.890. The zero-order valence-corrected chi connectivity index (χ0v) is 13.2. The first-order valence-corrected chi connectivity index (χ1v) is 8.92. The van der Waals surface area contributed by atoms with Crippen LogP contribution in [0.5, 0.6) is 0 Å². The molecule has 3 rings (SSSR count). The van der Waals surface area contributed by atoms with Crippen LogP contribution in [0.15, 0.2) is 24.3 Å². The molecule has 2 aromatic rings. The van der Waals surface area contributed by atoms with Gasteiger partial charge in [-0.1, -0.05) is 11.6 Å². The predicted molar refractivity (Wildman–Crippen MR) is 85.0 cm³/mol. The van der Waals surface area contributed by atoms with Crippen LogP contribution in [0.2, 0.25) is 0 Å². The number of rotatable bonds is 3. The highest BCUT2D eigenvalue weighted by molar-refractivity contribution is 7.89. The fraction of sp³-hybridized carbons (Fsp3) is 0.400. The fourth-order valence-corrected chi connectivity index (χ4v) is 3.95. The molecule has 0 radical (unpaired) electrons. The van der Waals surface area contributed by atoms with E-state index in [4.69, 9.17) is 5.14 Å². The average molecular weight is 321 g/mol. The third-order valence-corrected chi connectivity index (χ3v) is 4.98. The molecule has 1 amide bonds. The normalized spacial score (nSPS) is 19.0. The number of amides is 1. The molecular weight excluding hydrogens is 302 g/mol. The summed E-state index contributed by atoms with van der Waals surface area (Å²) in [5.41, 5.74) is 2.60.